The lowest BCUT2D eigenvalue weighted by Crippen LogP contribution is -2.78. The first kappa shape index (κ1) is 37.6. The van der Waals surface area contributed by atoms with Crippen molar-refractivity contribution in [3.05, 3.63) is 0 Å². The molecule has 0 amide bonds. The molecule has 1 unspecified atom stereocenters. The van der Waals surface area contributed by atoms with E-state index in [4.69, 9.17) is 5.73 Å². The molecule has 0 rings (SSSR count). The van der Waals surface area contributed by atoms with E-state index in [1.165, 1.54) is 0 Å². The van der Waals surface area contributed by atoms with Crippen molar-refractivity contribution in [1.82, 2.24) is 21.1 Å². The van der Waals surface area contributed by atoms with Crippen LogP contribution in [0, 0.1) is 0 Å². The predicted molar refractivity (Wildman–Crippen MR) is 94.5 cm³/mol. The van der Waals surface area contributed by atoms with E-state index in [0.29, 0.717) is 21.0 Å². The van der Waals surface area contributed by atoms with Crippen LogP contribution in [-0.4, -0.2) is 91.8 Å². The molecular formula is C14H18F17N5O2S. The third-order valence-corrected chi connectivity index (χ3v) is 7.52. The van der Waals surface area contributed by atoms with E-state index in [1.807, 2.05) is 5.43 Å². The summed E-state index contributed by atoms with van der Waals surface area (Å²) in [6, 6.07) is 0. The highest BCUT2D eigenvalue weighted by Gasteiger charge is 2.96. The van der Waals surface area contributed by atoms with E-state index in [0.717, 1.165) is 7.05 Å². The van der Waals surface area contributed by atoms with Gasteiger partial charge in [0.05, 0.1) is 0 Å². The molecule has 0 aromatic rings. The summed E-state index contributed by atoms with van der Waals surface area (Å²) in [6.45, 7) is 0.500. The molecule has 0 aromatic carbocycles. The highest BCUT2D eigenvalue weighted by molar-refractivity contribution is 7.93. The lowest BCUT2D eigenvalue weighted by molar-refractivity contribution is -0.458. The van der Waals surface area contributed by atoms with Crippen LogP contribution in [0.15, 0.2) is 0 Å². The second kappa shape index (κ2) is 10.1. The van der Waals surface area contributed by atoms with Crippen molar-refractivity contribution in [2.45, 2.75) is 65.3 Å². The molecule has 0 aliphatic rings. The number of hydrazine groups is 3. The van der Waals surface area contributed by atoms with Gasteiger partial charge < -0.3 is 0 Å². The van der Waals surface area contributed by atoms with Gasteiger partial charge >= 0.3 is 47.0 Å². The fourth-order valence-electron chi connectivity index (χ4n) is 2.69. The number of nitrogens with two attached hydrogens (primary N) is 1. The second-order valence-corrected chi connectivity index (χ2v) is 9.67. The maximum absolute atomic E-state index is 14.6. The lowest BCUT2D eigenvalue weighted by Gasteiger charge is -2.46. The molecule has 7 nitrogen and oxygen atoms in total. The maximum atomic E-state index is 14.6. The monoisotopic (exact) mass is 643 g/mol. The van der Waals surface area contributed by atoms with E-state index in [1.54, 1.807) is 5.43 Å². The molecule has 236 valence electrons. The summed E-state index contributed by atoms with van der Waals surface area (Å²) in [5.74, 6) is -52.1. The lowest BCUT2D eigenvalue weighted by atomic mass is 9.91. The number of hydrogen-bond acceptors (Lipinski definition) is 7. The second-order valence-electron chi connectivity index (χ2n) is 7.45. The summed E-state index contributed by atoms with van der Waals surface area (Å²) in [5.41, 5.74) is 8.79. The molecular weight excluding hydrogens is 625 g/mol. The van der Waals surface area contributed by atoms with Gasteiger partial charge in [0, 0.05) is 21.1 Å². The van der Waals surface area contributed by atoms with Crippen LogP contribution in [0.4, 0.5) is 74.6 Å². The summed E-state index contributed by atoms with van der Waals surface area (Å²) < 4.78 is 254. The number of alkyl halides is 17. The molecule has 25 heteroatoms. The van der Waals surface area contributed by atoms with Gasteiger partial charge in [0.25, 0.3) is 9.84 Å². The summed E-state index contributed by atoms with van der Waals surface area (Å²) in [4.78, 5) is -4.10. The first-order valence-electron chi connectivity index (χ1n) is 9.37. The van der Waals surface area contributed by atoms with Crippen molar-refractivity contribution in [2.24, 2.45) is 5.73 Å². The molecule has 0 fully saturated rings. The fourth-order valence-corrected chi connectivity index (χ4v) is 4.42. The third-order valence-electron chi connectivity index (χ3n) is 5.20. The van der Waals surface area contributed by atoms with Gasteiger partial charge in [-0.15, -0.1) is 5.12 Å². The molecule has 0 heterocycles. The zero-order valence-electron chi connectivity index (χ0n) is 19.3. The summed E-state index contributed by atoms with van der Waals surface area (Å²) in [6.07, 6.45) is -9.45. The summed E-state index contributed by atoms with van der Waals surface area (Å²) in [7, 11) is -5.42. The van der Waals surface area contributed by atoms with Gasteiger partial charge in [-0.25, -0.2) is 19.3 Å². The van der Waals surface area contributed by atoms with E-state index in [-0.39, 0.29) is 10.2 Å². The van der Waals surface area contributed by atoms with Gasteiger partial charge in [-0.3, -0.25) is 5.73 Å². The molecule has 0 aliphatic heterocycles. The molecule has 39 heavy (non-hydrogen) atoms. The normalized spacial score (nSPS) is 17.6. The van der Waals surface area contributed by atoms with Gasteiger partial charge in [-0.1, -0.05) is 6.92 Å². The summed E-state index contributed by atoms with van der Waals surface area (Å²) >= 11 is 0. The van der Waals surface area contributed by atoms with Crippen LogP contribution in [0.25, 0.3) is 0 Å². The van der Waals surface area contributed by atoms with Gasteiger partial charge in [0.15, 0.2) is 0 Å². The average molecular weight is 643 g/mol. The number of hydrogen-bond donors (Lipinski definition) is 3. The third kappa shape index (κ3) is 4.68. The number of nitrogens with one attached hydrogen (secondary N) is 2. The van der Waals surface area contributed by atoms with Crippen LogP contribution in [-0.2, 0) is 9.84 Å². The van der Waals surface area contributed by atoms with E-state index in [9.17, 15) is 83.1 Å². The van der Waals surface area contributed by atoms with Gasteiger partial charge in [-0.2, -0.15) is 79.8 Å². The largest absolute Gasteiger partial charge is 0.460 e. The molecule has 0 bridgehead atoms. The predicted octanol–water partition coefficient (Wildman–Crippen LogP) is 3.81. The zero-order chi connectivity index (χ0) is 32.3. The Bertz CT molecular complexity index is 987. The minimum Gasteiger partial charge on any atom is -0.298 e. The van der Waals surface area contributed by atoms with Crippen molar-refractivity contribution in [3.8, 4) is 0 Å². The molecule has 0 saturated carbocycles. The average Bonchev–Trinajstić information content (AvgIpc) is 2.76. The molecule has 0 saturated heterocycles. The number of halogens is 17. The van der Waals surface area contributed by atoms with Crippen molar-refractivity contribution in [3.63, 3.8) is 0 Å². The molecule has 4 N–H and O–H groups in total. The number of nitrogens with zero attached hydrogens (tertiary/aromatic N) is 2. The quantitative estimate of drug-likeness (QED) is 0.160. The minimum absolute atomic E-state index is 0.255. The fraction of sp³-hybridized carbons (Fsp3) is 1.00. The van der Waals surface area contributed by atoms with E-state index < -0.39 is 68.2 Å². The Labute approximate surface area is 207 Å². The van der Waals surface area contributed by atoms with E-state index >= 15 is 0 Å². The Morgan fingerprint density at radius 3 is 1.18 bits per heavy atom. The van der Waals surface area contributed by atoms with Crippen molar-refractivity contribution in [2.75, 3.05) is 21.1 Å². The van der Waals surface area contributed by atoms with Crippen molar-refractivity contribution < 1.29 is 83.1 Å². The zero-order valence-corrected chi connectivity index (χ0v) is 20.1. The standard InChI is InChI=1S/C14H18F17N5O2S/c1-5-6(32,36(34-3)35(4)33-2)39(37,38)14(30,31)12(25,26)10(21,22)8(17,18)7(15,16)9(19,20)11(23,24)13(27,28)29/h33-34H,5,32H2,1-4H3. The van der Waals surface area contributed by atoms with Crippen LogP contribution in [0.5, 0.6) is 0 Å². The number of sulfone groups is 1. The van der Waals surface area contributed by atoms with Crippen LogP contribution in [0.2, 0.25) is 0 Å². The first-order chi connectivity index (χ1) is 16.7. The molecule has 0 aromatic heterocycles. The van der Waals surface area contributed by atoms with Crippen LogP contribution in [0.1, 0.15) is 13.3 Å². The summed E-state index contributed by atoms with van der Waals surface area (Å²) in [5, 5.41) is -7.75. The molecule has 0 aliphatic carbocycles. The minimum atomic E-state index is -8.92. The van der Waals surface area contributed by atoms with Crippen LogP contribution < -0.4 is 16.6 Å². The number of rotatable bonds is 13. The van der Waals surface area contributed by atoms with Crippen LogP contribution in [0.3, 0.4) is 0 Å². The molecule has 0 spiro atoms. The van der Waals surface area contributed by atoms with E-state index in [2.05, 4.69) is 0 Å². The first-order valence-corrected chi connectivity index (χ1v) is 10.9. The highest BCUT2D eigenvalue weighted by Crippen LogP contribution is 2.64. The Kier molecular flexibility index (Phi) is 9.75. The van der Waals surface area contributed by atoms with Gasteiger partial charge in [0.1, 0.15) is 0 Å². The van der Waals surface area contributed by atoms with Gasteiger partial charge in [-0.05, 0) is 6.42 Å². The molecule has 0 radical (unpaired) electrons. The topological polar surface area (TPSA) is 90.7 Å². The highest BCUT2D eigenvalue weighted by atomic mass is 32.2. The van der Waals surface area contributed by atoms with Crippen molar-refractivity contribution >= 4 is 9.84 Å². The van der Waals surface area contributed by atoms with Crippen LogP contribution >= 0.6 is 0 Å². The van der Waals surface area contributed by atoms with Crippen molar-refractivity contribution in [1.29, 1.82) is 0 Å². The molecule has 1 atom stereocenters. The Hall–Kier alpha value is -1.44. The Morgan fingerprint density at radius 1 is 0.615 bits per heavy atom. The Balaban J connectivity index is 7.35. The Morgan fingerprint density at radius 2 is 0.923 bits per heavy atom. The van der Waals surface area contributed by atoms with Gasteiger partial charge in [0.2, 0.25) is 4.99 Å². The maximum Gasteiger partial charge on any atom is 0.460 e. The smallest absolute Gasteiger partial charge is 0.298 e. The SMILES string of the molecule is CCC(N)(N(NC)N(C)NC)S(=O)(=O)C(F)(F)C(F)(F)C(F)(F)C(F)(F)C(F)(F)C(F)(F)C(F)(F)C(F)(F)F.